The third-order valence-electron chi connectivity index (χ3n) is 2.49. The summed E-state index contributed by atoms with van der Waals surface area (Å²) in [5.74, 6) is -0.0485. The summed E-state index contributed by atoms with van der Waals surface area (Å²) in [5.41, 5.74) is 0.794. The Morgan fingerprint density at radius 2 is 1.95 bits per heavy atom. The molecule has 0 atom stereocenters. The van der Waals surface area contributed by atoms with Gasteiger partial charge in [-0.15, -0.1) is 0 Å². The summed E-state index contributed by atoms with van der Waals surface area (Å²) in [6.45, 7) is 2.95. The second-order valence-electron chi connectivity index (χ2n) is 4.19. The van der Waals surface area contributed by atoms with E-state index in [0.29, 0.717) is 26.4 Å². The maximum Gasteiger partial charge on any atom is 0.238 e. The van der Waals surface area contributed by atoms with E-state index in [1.54, 1.807) is 7.11 Å². The number of benzene rings is 1. The van der Waals surface area contributed by atoms with Crippen molar-refractivity contribution >= 4 is 27.5 Å². The van der Waals surface area contributed by atoms with E-state index in [4.69, 9.17) is 9.47 Å². The highest BCUT2D eigenvalue weighted by Gasteiger charge is 2.01. The van der Waals surface area contributed by atoms with Crippen LogP contribution < -0.4 is 10.6 Å². The number of carbonyl (C=O) groups is 1. The number of ether oxygens (including phenoxy) is 2. The Balaban J connectivity index is 2.01. The SMILES string of the molecule is COCCOCCCNCC(=O)Nc1ccc(Br)cc1. The standard InChI is InChI=1S/C14H21BrN2O3/c1-19-9-10-20-8-2-7-16-11-14(18)17-13-5-3-12(15)4-6-13/h3-6,16H,2,7-11H2,1H3,(H,17,18). The average Bonchev–Trinajstić information content (AvgIpc) is 2.44. The molecule has 0 radical (unpaired) electrons. The highest BCUT2D eigenvalue weighted by molar-refractivity contribution is 9.10. The minimum Gasteiger partial charge on any atom is -0.382 e. The van der Waals surface area contributed by atoms with Crippen LogP contribution in [0.3, 0.4) is 0 Å². The van der Waals surface area contributed by atoms with Gasteiger partial charge in [0.15, 0.2) is 0 Å². The first-order valence-corrected chi connectivity index (χ1v) is 7.34. The van der Waals surface area contributed by atoms with Crippen molar-refractivity contribution in [1.82, 2.24) is 5.32 Å². The van der Waals surface area contributed by atoms with Crippen LogP contribution in [0.4, 0.5) is 5.69 Å². The Morgan fingerprint density at radius 1 is 1.20 bits per heavy atom. The maximum atomic E-state index is 11.6. The molecular formula is C14H21BrN2O3. The number of anilines is 1. The second kappa shape index (κ2) is 10.8. The van der Waals surface area contributed by atoms with Crippen molar-refractivity contribution in [1.29, 1.82) is 0 Å². The Labute approximate surface area is 128 Å². The van der Waals surface area contributed by atoms with Crippen molar-refractivity contribution in [3.8, 4) is 0 Å². The largest absolute Gasteiger partial charge is 0.382 e. The second-order valence-corrected chi connectivity index (χ2v) is 5.11. The van der Waals surface area contributed by atoms with Crippen LogP contribution >= 0.6 is 15.9 Å². The summed E-state index contributed by atoms with van der Waals surface area (Å²) in [6.07, 6.45) is 0.870. The zero-order chi connectivity index (χ0) is 14.6. The van der Waals surface area contributed by atoms with Crippen LogP contribution in [0, 0.1) is 0 Å². The van der Waals surface area contributed by atoms with Crippen molar-refractivity contribution < 1.29 is 14.3 Å². The van der Waals surface area contributed by atoms with Crippen LogP contribution in [-0.4, -0.2) is 45.9 Å². The van der Waals surface area contributed by atoms with Crippen LogP contribution in [0.15, 0.2) is 28.7 Å². The number of hydrogen-bond donors (Lipinski definition) is 2. The smallest absolute Gasteiger partial charge is 0.238 e. The summed E-state index contributed by atoms with van der Waals surface area (Å²) in [6, 6.07) is 7.48. The van der Waals surface area contributed by atoms with Crippen LogP contribution in [-0.2, 0) is 14.3 Å². The highest BCUT2D eigenvalue weighted by atomic mass is 79.9. The van der Waals surface area contributed by atoms with E-state index in [9.17, 15) is 4.79 Å². The molecule has 0 fully saturated rings. The molecule has 0 aliphatic heterocycles. The molecule has 0 saturated heterocycles. The quantitative estimate of drug-likeness (QED) is 0.637. The van der Waals surface area contributed by atoms with Crippen molar-refractivity contribution in [3.63, 3.8) is 0 Å². The fourth-order valence-electron chi connectivity index (χ4n) is 1.48. The summed E-state index contributed by atoms with van der Waals surface area (Å²) >= 11 is 3.35. The third kappa shape index (κ3) is 8.27. The molecule has 1 rings (SSSR count). The Hall–Kier alpha value is -0.950. The lowest BCUT2D eigenvalue weighted by Gasteiger charge is -2.07. The van der Waals surface area contributed by atoms with Gasteiger partial charge in [0.1, 0.15) is 0 Å². The first kappa shape index (κ1) is 17.1. The molecule has 112 valence electrons. The summed E-state index contributed by atoms with van der Waals surface area (Å²) in [7, 11) is 1.65. The lowest BCUT2D eigenvalue weighted by Crippen LogP contribution is -2.29. The molecule has 0 aliphatic rings. The first-order chi connectivity index (χ1) is 9.72. The van der Waals surface area contributed by atoms with Crippen LogP contribution in [0.2, 0.25) is 0 Å². The molecule has 0 spiro atoms. The fourth-order valence-corrected chi connectivity index (χ4v) is 1.75. The third-order valence-corrected chi connectivity index (χ3v) is 3.02. The molecule has 1 amide bonds. The fraction of sp³-hybridized carbons (Fsp3) is 0.500. The molecule has 0 aliphatic carbocycles. The lowest BCUT2D eigenvalue weighted by atomic mass is 10.3. The molecule has 2 N–H and O–H groups in total. The molecule has 0 bridgehead atoms. The van der Waals surface area contributed by atoms with E-state index in [1.165, 1.54) is 0 Å². The first-order valence-electron chi connectivity index (χ1n) is 6.55. The summed E-state index contributed by atoms with van der Waals surface area (Å²) in [4.78, 5) is 11.6. The van der Waals surface area contributed by atoms with Gasteiger partial charge in [0.25, 0.3) is 0 Å². The van der Waals surface area contributed by atoms with Gasteiger partial charge in [-0.2, -0.15) is 0 Å². The number of carbonyl (C=O) groups excluding carboxylic acids is 1. The number of amides is 1. The van der Waals surface area contributed by atoms with Crippen molar-refractivity contribution in [2.75, 3.05) is 45.3 Å². The van der Waals surface area contributed by atoms with Gasteiger partial charge in [0.2, 0.25) is 5.91 Å². The van der Waals surface area contributed by atoms with Crippen LogP contribution in [0.1, 0.15) is 6.42 Å². The van der Waals surface area contributed by atoms with Crippen molar-refractivity contribution in [2.24, 2.45) is 0 Å². The van der Waals surface area contributed by atoms with Gasteiger partial charge >= 0.3 is 0 Å². The average molecular weight is 345 g/mol. The van der Waals surface area contributed by atoms with Gasteiger partial charge in [-0.3, -0.25) is 4.79 Å². The van der Waals surface area contributed by atoms with Crippen molar-refractivity contribution in [3.05, 3.63) is 28.7 Å². The molecule has 0 saturated carbocycles. The summed E-state index contributed by atoms with van der Waals surface area (Å²) < 4.78 is 11.2. The molecular weight excluding hydrogens is 324 g/mol. The minimum absolute atomic E-state index is 0.0485. The molecule has 1 aromatic carbocycles. The molecule has 1 aromatic rings. The zero-order valence-corrected chi connectivity index (χ0v) is 13.2. The predicted molar refractivity (Wildman–Crippen MR) is 83.0 cm³/mol. The Morgan fingerprint density at radius 3 is 2.65 bits per heavy atom. The Bertz CT molecular complexity index is 385. The molecule has 0 heterocycles. The molecule has 0 aromatic heterocycles. The van der Waals surface area contributed by atoms with E-state index < -0.39 is 0 Å². The molecule has 20 heavy (non-hydrogen) atoms. The maximum absolute atomic E-state index is 11.6. The number of hydrogen-bond acceptors (Lipinski definition) is 4. The van der Waals surface area contributed by atoms with Gasteiger partial charge in [-0.25, -0.2) is 0 Å². The summed E-state index contributed by atoms with van der Waals surface area (Å²) in [5, 5.41) is 5.89. The van der Waals surface area contributed by atoms with Crippen LogP contribution in [0.25, 0.3) is 0 Å². The minimum atomic E-state index is -0.0485. The van der Waals surface area contributed by atoms with E-state index in [1.807, 2.05) is 24.3 Å². The zero-order valence-electron chi connectivity index (χ0n) is 11.7. The monoisotopic (exact) mass is 344 g/mol. The van der Waals surface area contributed by atoms with Crippen LogP contribution in [0.5, 0.6) is 0 Å². The van der Waals surface area contributed by atoms with E-state index in [-0.39, 0.29) is 5.91 Å². The molecule has 0 unspecified atom stereocenters. The predicted octanol–water partition coefficient (Wildman–Crippen LogP) is 2.03. The van der Waals surface area contributed by atoms with Gasteiger partial charge < -0.3 is 20.1 Å². The lowest BCUT2D eigenvalue weighted by molar-refractivity contribution is -0.115. The van der Waals surface area contributed by atoms with Gasteiger partial charge in [-0.1, -0.05) is 15.9 Å². The molecule has 6 heteroatoms. The van der Waals surface area contributed by atoms with E-state index in [2.05, 4.69) is 26.6 Å². The molecule has 5 nitrogen and oxygen atoms in total. The number of rotatable bonds is 10. The Kier molecular flexibility index (Phi) is 9.23. The number of halogens is 1. The van der Waals surface area contributed by atoms with E-state index >= 15 is 0 Å². The van der Waals surface area contributed by atoms with Crippen molar-refractivity contribution in [2.45, 2.75) is 6.42 Å². The van der Waals surface area contributed by atoms with Gasteiger partial charge in [0, 0.05) is 23.9 Å². The van der Waals surface area contributed by atoms with Gasteiger partial charge in [-0.05, 0) is 37.2 Å². The number of methoxy groups -OCH3 is 1. The number of nitrogens with one attached hydrogen (secondary N) is 2. The highest BCUT2D eigenvalue weighted by Crippen LogP contribution is 2.13. The van der Waals surface area contributed by atoms with E-state index in [0.717, 1.165) is 23.1 Å². The topological polar surface area (TPSA) is 59.6 Å². The normalized spacial score (nSPS) is 10.5. The van der Waals surface area contributed by atoms with Gasteiger partial charge in [0.05, 0.1) is 19.8 Å².